The van der Waals surface area contributed by atoms with Crippen LogP contribution in [0.3, 0.4) is 0 Å². The third-order valence-corrected chi connectivity index (χ3v) is 7.18. The fourth-order valence-electron chi connectivity index (χ4n) is 3.79. The number of hydrogen-bond donors (Lipinski definition) is 1. The molecule has 1 fully saturated rings. The molecule has 3 rings (SSSR count). The Bertz CT molecular complexity index is 930. The number of aryl methyl sites for hydroxylation is 1. The van der Waals surface area contributed by atoms with Crippen molar-refractivity contribution in [3.63, 3.8) is 0 Å². The van der Waals surface area contributed by atoms with Crippen LogP contribution >= 0.6 is 0 Å². The predicted octanol–water partition coefficient (Wildman–Crippen LogP) is 2.72. The molecule has 0 bridgehead atoms. The van der Waals surface area contributed by atoms with Crippen molar-refractivity contribution in [2.45, 2.75) is 31.1 Å². The standard InChI is InChI=1S/C21H26N2O4S/c1-17-8-5-6-11-19(17)28(25,26)23-13-7-12-21(15-23,14-20(22)24)16-27-18-9-3-2-4-10-18/h2-6,8-11H,7,12-16H2,1H3,(H2,22,24). The van der Waals surface area contributed by atoms with Gasteiger partial charge >= 0.3 is 0 Å². The van der Waals surface area contributed by atoms with Crippen LogP contribution in [0.15, 0.2) is 59.5 Å². The number of piperidine rings is 1. The molecule has 7 heteroatoms. The molecular formula is C21H26N2O4S. The number of rotatable bonds is 7. The number of nitrogens with two attached hydrogens (primary N) is 1. The second kappa shape index (κ2) is 8.32. The molecule has 1 aliphatic heterocycles. The van der Waals surface area contributed by atoms with E-state index in [9.17, 15) is 13.2 Å². The van der Waals surface area contributed by atoms with Gasteiger partial charge in [0, 0.05) is 24.9 Å². The Morgan fingerprint density at radius 1 is 1.14 bits per heavy atom. The van der Waals surface area contributed by atoms with Gasteiger partial charge in [-0.15, -0.1) is 0 Å². The highest BCUT2D eigenvalue weighted by Crippen LogP contribution is 2.37. The Morgan fingerprint density at radius 3 is 2.50 bits per heavy atom. The number of carbonyl (C=O) groups is 1. The third kappa shape index (κ3) is 4.54. The Hall–Kier alpha value is -2.38. The van der Waals surface area contributed by atoms with E-state index >= 15 is 0 Å². The quantitative estimate of drug-likeness (QED) is 0.771. The molecule has 0 aromatic heterocycles. The van der Waals surface area contributed by atoms with Gasteiger partial charge in [0.05, 0.1) is 11.5 Å². The maximum Gasteiger partial charge on any atom is 0.243 e. The highest BCUT2D eigenvalue weighted by molar-refractivity contribution is 7.89. The Kier molecular flexibility index (Phi) is 6.05. The van der Waals surface area contributed by atoms with Gasteiger partial charge in [0.25, 0.3) is 0 Å². The van der Waals surface area contributed by atoms with Crippen molar-refractivity contribution < 1.29 is 17.9 Å². The molecule has 1 unspecified atom stereocenters. The molecule has 0 saturated carbocycles. The summed E-state index contributed by atoms with van der Waals surface area (Å²) in [4.78, 5) is 12.1. The van der Waals surface area contributed by atoms with E-state index in [-0.39, 0.29) is 19.6 Å². The highest BCUT2D eigenvalue weighted by atomic mass is 32.2. The minimum atomic E-state index is -3.66. The van der Waals surface area contributed by atoms with E-state index in [1.807, 2.05) is 36.4 Å². The Balaban J connectivity index is 1.85. The number of ether oxygens (including phenoxy) is 1. The Labute approximate surface area is 166 Å². The summed E-state index contributed by atoms with van der Waals surface area (Å²) >= 11 is 0. The first-order valence-electron chi connectivity index (χ1n) is 9.34. The molecule has 1 saturated heterocycles. The zero-order valence-electron chi connectivity index (χ0n) is 16.0. The van der Waals surface area contributed by atoms with Crippen molar-refractivity contribution in [2.75, 3.05) is 19.7 Å². The first kappa shape index (κ1) is 20.4. The summed E-state index contributed by atoms with van der Waals surface area (Å²) in [5.41, 5.74) is 5.56. The zero-order valence-corrected chi connectivity index (χ0v) is 16.8. The minimum absolute atomic E-state index is 0.0830. The lowest BCUT2D eigenvalue weighted by molar-refractivity contribution is -0.121. The smallest absolute Gasteiger partial charge is 0.243 e. The molecule has 1 atom stereocenters. The number of carbonyl (C=O) groups excluding carboxylic acids is 1. The maximum atomic E-state index is 13.2. The van der Waals surface area contributed by atoms with E-state index in [1.54, 1.807) is 25.1 Å². The van der Waals surface area contributed by atoms with E-state index in [0.29, 0.717) is 35.6 Å². The number of sulfonamides is 1. The molecular weight excluding hydrogens is 376 g/mol. The van der Waals surface area contributed by atoms with Crippen molar-refractivity contribution in [3.05, 3.63) is 60.2 Å². The second-order valence-corrected chi connectivity index (χ2v) is 9.36. The number of para-hydroxylation sites is 1. The molecule has 1 aliphatic rings. The number of hydrogen-bond acceptors (Lipinski definition) is 4. The van der Waals surface area contributed by atoms with Crippen LogP contribution < -0.4 is 10.5 Å². The van der Waals surface area contributed by atoms with Crippen molar-refractivity contribution in [2.24, 2.45) is 11.1 Å². The molecule has 1 heterocycles. The van der Waals surface area contributed by atoms with E-state index in [0.717, 1.165) is 0 Å². The summed E-state index contributed by atoms with van der Waals surface area (Å²) < 4.78 is 33.8. The van der Waals surface area contributed by atoms with Gasteiger partial charge < -0.3 is 10.5 Å². The van der Waals surface area contributed by atoms with Crippen molar-refractivity contribution >= 4 is 15.9 Å². The third-order valence-electron chi connectivity index (χ3n) is 5.18. The van der Waals surface area contributed by atoms with Crippen molar-refractivity contribution in [1.82, 2.24) is 4.31 Å². The first-order chi connectivity index (χ1) is 13.3. The lowest BCUT2D eigenvalue weighted by atomic mass is 9.78. The second-order valence-electron chi connectivity index (χ2n) is 7.45. The van der Waals surface area contributed by atoms with Gasteiger partial charge in [-0.05, 0) is 43.5 Å². The molecule has 0 radical (unpaired) electrons. The fraction of sp³-hybridized carbons (Fsp3) is 0.381. The molecule has 0 aliphatic carbocycles. The van der Waals surface area contributed by atoms with Gasteiger partial charge in [-0.3, -0.25) is 4.79 Å². The van der Waals surface area contributed by atoms with Crippen LogP contribution in [0.2, 0.25) is 0 Å². The van der Waals surface area contributed by atoms with Crippen LogP contribution in [0.1, 0.15) is 24.8 Å². The molecule has 28 heavy (non-hydrogen) atoms. The molecule has 150 valence electrons. The monoisotopic (exact) mass is 402 g/mol. The summed E-state index contributed by atoms with van der Waals surface area (Å²) in [6, 6.07) is 16.2. The van der Waals surface area contributed by atoms with Gasteiger partial charge in [-0.25, -0.2) is 8.42 Å². The fourth-order valence-corrected chi connectivity index (χ4v) is 5.61. The number of primary amides is 1. The SMILES string of the molecule is Cc1ccccc1S(=O)(=O)N1CCCC(COc2ccccc2)(CC(N)=O)C1. The van der Waals surface area contributed by atoms with Crippen LogP contribution in [0.25, 0.3) is 0 Å². The van der Waals surface area contributed by atoms with Gasteiger partial charge in [0.1, 0.15) is 5.75 Å². The summed E-state index contributed by atoms with van der Waals surface area (Å²) in [6.45, 7) is 2.65. The van der Waals surface area contributed by atoms with E-state index < -0.39 is 21.3 Å². The maximum absolute atomic E-state index is 13.2. The van der Waals surface area contributed by atoms with Gasteiger partial charge in [0.15, 0.2) is 0 Å². The summed E-state index contributed by atoms with van der Waals surface area (Å²) in [7, 11) is -3.66. The normalized spacial score (nSPS) is 20.6. The summed E-state index contributed by atoms with van der Waals surface area (Å²) in [5, 5.41) is 0. The number of nitrogens with zero attached hydrogens (tertiary/aromatic N) is 1. The first-order valence-corrected chi connectivity index (χ1v) is 10.8. The van der Waals surface area contributed by atoms with E-state index in [1.165, 1.54) is 4.31 Å². The lowest BCUT2D eigenvalue weighted by Gasteiger charge is -2.41. The van der Waals surface area contributed by atoms with Crippen LogP contribution in [-0.2, 0) is 14.8 Å². The minimum Gasteiger partial charge on any atom is -0.493 e. The van der Waals surface area contributed by atoms with Gasteiger partial charge in [0.2, 0.25) is 15.9 Å². The Morgan fingerprint density at radius 2 is 1.82 bits per heavy atom. The van der Waals surface area contributed by atoms with E-state index in [4.69, 9.17) is 10.5 Å². The molecule has 2 aromatic carbocycles. The van der Waals surface area contributed by atoms with Crippen molar-refractivity contribution in [1.29, 1.82) is 0 Å². The average Bonchev–Trinajstić information content (AvgIpc) is 2.67. The van der Waals surface area contributed by atoms with Crippen LogP contribution in [0.5, 0.6) is 5.75 Å². The lowest BCUT2D eigenvalue weighted by Crippen LogP contribution is -2.50. The average molecular weight is 403 g/mol. The number of amides is 1. The molecule has 2 aromatic rings. The van der Waals surface area contributed by atoms with Crippen LogP contribution in [0, 0.1) is 12.3 Å². The number of benzene rings is 2. The van der Waals surface area contributed by atoms with Gasteiger partial charge in [-0.1, -0.05) is 36.4 Å². The highest BCUT2D eigenvalue weighted by Gasteiger charge is 2.42. The van der Waals surface area contributed by atoms with Crippen LogP contribution in [-0.4, -0.2) is 38.3 Å². The van der Waals surface area contributed by atoms with Gasteiger partial charge in [-0.2, -0.15) is 4.31 Å². The summed E-state index contributed by atoms with van der Waals surface area (Å²) in [6.07, 6.45) is 1.42. The van der Waals surface area contributed by atoms with E-state index in [2.05, 4.69) is 0 Å². The zero-order chi connectivity index (χ0) is 20.2. The summed E-state index contributed by atoms with van der Waals surface area (Å²) in [5.74, 6) is 0.233. The predicted molar refractivity (Wildman–Crippen MR) is 107 cm³/mol. The largest absolute Gasteiger partial charge is 0.493 e. The van der Waals surface area contributed by atoms with Crippen LogP contribution in [0.4, 0.5) is 0 Å². The molecule has 0 spiro atoms. The molecule has 6 nitrogen and oxygen atoms in total. The molecule has 1 amide bonds. The topological polar surface area (TPSA) is 89.7 Å². The molecule has 2 N–H and O–H groups in total. The van der Waals surface area contributed by atoms with Crippen molar-refractivity contribution in [3.8, 4) is 5.75 Å².